The van der Waals surface area contributed by atoms with Gasteiger partial charge in [0, 0.05) is 18.5 Å². The predicted molar refractivity (Wildman–Crippen MR) is 123 cm³/mol. The zero-order valence-corrected chi connectivity index (χ0v) is 18.0. The van der Waals surface area contributed by atoms with Crippen LogP contribution in [0.15, 0.2) is 48.9 Å². The van der Waals surface area contributed by atoms with Crippen molar-refractivity contribution in [1.29, 1.82) is 0 Å². The van der Waals surface area contributed by atoms with Crippen LogP contribution in [0.3, 0.4) is 0 Å². The Bertz CT molecular complexity index is 1110. The lowest BCUT2D eigenvalue weighted by molar-refractivity contribution is -0.117. The first-order valence-electron chi connectivity index (χ1n) is 10.8. The molecule has 158 valence electrons. The van der Waals surface area contributed by atoms with Crippen LogP contribution in [0.25, 0.3) is 11.3 Å². The van der Waals surface area contributed by atoms with Gasteiger partial charge in [0.1, 0.15) is 0 Å². The fourth-order valence-electron chi connectivity index (χ4n) is 4.52. The quantitative estimate of drug-likeness (QED) is 0.557. The molecule has 2 aromatic heterocycles. The molecule has 1 aliphatic carbocycles. The van der Waals surface area contributed by atoms with Gasteiger partial charge in [-0.25, -0.2) is 9.97 Å². The molecule has 1 N–H and O–H groups in total. The van der Waals surface area contributed by atoms with Crippen LogP contribution in [0.4, 0.5) is 17.3 Å². The van der Waals surface area contributed by atoms with Gasteiger partial charge in [0.2, 0.25) is 11.9 Å². The Morgan fingerprint density at radius 2 is 1.94 bits per heavy atom. The molecule has 3 heterocycles. The first-order valence-corrected chi connectivity index (χ1v) is 11.2. The molecular weight excluding hydrogens is 410 g/mol. The standard InChI is InChI=1S/C24H24ClN5O/c25-21-15-27-24(28-19-12-20(14-26-13-19)30-10-4-9-22(30)31)29-23(21)18-8-3-7-17(11-18)16-5-1-2-6-16/h3,7-8,11-16H,1-2,4-6,9-10H2,(H,27,28,29). The van der Waals surface area contributed by atoms with E-state index in [-0.39, 0.29) is 5.91 Å². The number of nitrogens with zero attached hydrogens (tertiary/aromatic N) is 4. The fourth-order valence-corrected chi connectivity index (χ4v) is 4.72. The fraction of sp³-hybridized carbons (Fsp3) is 0.333. The van der Waals surface area contributed by atoms with Crippen LogP contribution in [0.5, 0.6) is 0 Å². The second-order valence-electron chi connectivity index (χ2n) is 8.20. The molecule has 1 aromatic carbocycles. The van der Waals surface area contributed by atoms with Crippen molar-refractivity contribution in [1.82, 2.24) is 15.0 Å². The van der Waals surface area contributed by atoms with Crippen molar-refractivity contribution in [3.63, 3.8) is 0 Å². The summed E-state index contributed by atoms with van der Waals surface area (Å²) in [6.07, 6.45) is 11.6. The summed E-state index contributed by atoms with van der Waals surface area (Å²) in [5.41, 5.74) is 4.56. The summed E-state index contributed by atoms with van der Waals surface area (Å²) in [7, 11) is 0. The lowest BCUT2D eigenvalue weighted by atomic mass is 9.95. The lowest BCUT2D eigenvalue weighted by Gasteiger charge is -2.16. The van der Waals surface area contributed by atoms with Gasteiger partial charge in [-0.15, -0.1) is 0 Å². The van der Waals surface area contributed by atoms with Gasteiger partial charge in [-0.3, -0.25) is 9.78 Å². The minimum Gasteiger partial charge on any atom is -0.323 e. The third-order valence-electron chi connectivity index (χ3n) is 6.10. The van der Waals surface area contributed by atoms with Gasteiger partial charge in [0.25, 0.3) is 0 Å². The van der Waals surface area contributed by atoms with Crippen LogP contribution in [-0.2, 0) is 4.79 Å². The highest BCUT2D eigenvalue weighted by molar-refractivity contribution is 6.32. The summed E-state index contributed by atoms with van der Waals surface area (Å²) >= 11 is 6.46. The summed E-state index contributed by atoms with van der Waals surface area (Å²) in [5, 5.41) is 3.73. The molecule has 0 bridgehead atoms. The highest BCUT2D eigenvalue weighted by Gasteiger charge is 2.22. The third kappa shape index (κ3) is 4.26. The first kappa shape index (κ1) is 19.9. The second-order valence-corrected chi connectivity index (χ2v) is 8.61. The van der Waals surface area contributed by atoms with Crippen LogP contribution in [0.2, 0.25) is 5.02 Å². The molecule has 5 rings (SSSR count). The molecule has 31 heavy (non-hydrogen) atoms. The number of anilines is 3. The molecule has 3 aromatic rings. The van der Waals surface area contributed by atoms with Crippen LogP contribution < -0.4 is 10.2 Å². The first-order chi connectivity index (χ1) is 15.2. The van der Waals surface area contributed by atoms with E-state index in [4.69, 9.17) is 11.6 Å². The summed E-state index contributed by atoms with van der Waals surface area (Å²) in [6.45, 7) is 0.725. The number of hydrogen-bond acceptors (Lipinski definition) is 5. The molecule has 0 spiro atoms. The van der Waals surface area contributed by atoms with E-state index in [0.29, 0.717) is 29.0 Å². The second kappa shape index (κ2) is 8.63. The molecule has 6 nitrogen and oxygen atoms in total. The molecular formula is C24H24ClN5O. The van der Waals surface area contributed by atoms with Gasteiger partial charge in [-0.05, 0) is 42.9 Å². The van der Waals surface area contributed by atoms with Crippen molar-refractivity contribution in [3.05, 3.63) is 59.5 Å². The number of amides is 1. The Labute approximate surface area is 186 Å². The van der Waals surface area contributed by atoms with Crippen molar-refractivity contribution in [3.8, 4) is 11.3 Å². The zero-order chi connectivity index (χ0) is 21.2. The molecule has 2 fully saturated rings. The summed E-state index contributed by atoms with van der Waals surface area (Å²) in [6, 6.07) is 10.4. The molecule has 7 heteroatoms. The van der Waals surface area contributed by atoms with Crippen molar-refractivity contribution < 1.29 is 4.79 Å². The monoisotopic (exact) mass is 433 g/mol. The molecule has 2 aliphatic rings. The predicted octanol–water partition coefficient (Wildman–Crippen LogP) is 5.72. The number of carbonyl (C=O) groups excluding carboxylic acids is 1. The molecule has 0 radical (unpaired) electrons. The maximum Gasteiger partial charge on any atom is 0.227 e. The van der Waals surface area contributed by atoms with E-state index in [1.54, 1.807) is 23.5 Å². The highest BCUT2D eigenvalue weighted by Crippen LogP contribution is 2.36. The smallest absolute Gasteiger partial charge is 0.227 e. The highest BCUT2D eigenvalue weighted by atomic mass is 35.5. The van der Waals surface area contributed by atoms with Crippen molar-refractivity contribution in [2.45, 2.75) is 44.4 Å². The van der Waals surface area contributed by atoms with E-state index in [0.717, 1.165) is 29.9 Å². The molecule has 1 amide bonds. The van der Waals surface area contributed by atoms with Gasteiger partial charge < -0.3 is 10.2 Å². The maximum atomic E-state index is 12.0. The largest absolute Gasteiger partial charge is 0.323 e. The molecule has 1 saturated heterocycles. The number of halogens is 1. The van der Waals surface area contributed by atoms with E-state index in [1.165, 1.54) is 31.2 Å². The lowest BCUT2D eigenvalue weighted by Crippen LogP contribution is -2.23. The van der Waals surface area contributed by atoms with E-state index in [1.807, 2.05) is 12.1 Å². The Morgan fingerprint density at radius 1 is 1.06 bits per heavy atom. The molecule has 0 atom stereocenters. The number of hydrogen-bond donors (Lipinski definition) is 1. The topological polar surface area (TPSA) is 71.0 Å². The van der Waals surface area contributed by atoms with Crippen molar-refractivity contribution in [2.75, 3.05) is 16.8 Å². The molecule has 0 unspecified atom stereocenters. The van der Waals surface area contributed by atoms with Gasteiger partial charge in [-0.1, -0.05) is 42.6 Å². The van der Waals surface area contributed by atoms with Crippen LogP contribution in [0, 0.1) is 0 Å². The number of nitrogens with one attached hydrogen (secondary N) is 1. The number of benzene rings is 1. The van der Waals surface area contributed by atoms with Crippen molar-refractivity contribution in [2.24, 2.45) is 0 Å². The van der Waals surface area contributed by atoms with Crippen LogP contribution in [-0.4, -0.2) is 27.4 Å². The SMILES string of the molecule is O=C1CCCN1c1cncc(Nc2ncc(Cl)c(-c3cccc(C4CCCC4)c3)n2)c1. The summed E-state index contributed by atoms with van der Waals surface area (Å²) in [5.74, 6) is 1.20. The van der Waals surface area contributed by atoms with E-state index in [9.17, 15) is 4.79 Å². The maximum absolute atomic E-state index is 12.0. The number of carbonyl (C=O) groups is 1. The number of pyridine rings is 1. The molecule has 1 saturated carbocycles. The van der Waals surface area contributed by atoms with Gasteiger partial charge in [0.15, 0.2) is 0 Å². The van der Waals surface area contributed by atoms with E-state index < -0.39 is 0 Å². The summed E-state index contributed by atoms with van der Waals surface area (Å²) in [4.78, 5) is 27.1. The van der Waals surface area contributed by atoms with Gasteiger partial charge >= 0.3 is 0 Å². The minimum atomic E-state index is 0.131. The Balaban J connectivity index is 1.41. The van der Waals surface area contributed by atoms with Crippen LogP contribution >= 0.6 is 11.6 Å². The number of aromatic nitrogens is 3. The van der Waals surface area contributed by atoms with Gasteiger partial charge in [-0.2, -0.15) is 0 Å². The Hall–Kier alpha value is -2.99. The third-order valence-corrected chi connectivity index (χ3v) is 6.37. The van der Waals surface area contributed by atoms with E-state index >= 15 is 0 Å². The minimum absolute atomic E-state index is 0.131. The average Bonchev–Trinajstić information content (AvgIpc) is 3.47. The van der Waals surface area contributed by atoms with E-state index in [2.05, 4.69) is 38.5 Å². The Morgan fingerprint density at radius 3 is 2.74 bits per heavy atom. The van der Waals surface area contributed by atoms with Crippen molar-refractivity contribution >= 4 is 34.8 Å². The normalized spacial score (nSPS) is 16.8. The summed E-state index contributed by atoms with van der Waals surface area (Å²) < 4.78 is 0. The van der Waals surface area contributed by atoms with Crippen LogP contribution in [0.1, 0.15) is 50.0 Å². The average molecular weight is 434 g/mol. The van der Waals surface area contributed by atoms with Gasteiger partial charge in [0.05, 0.1) is 40.7 Å². The molecule has 1 aliphatic heterocycles. The Kier molecular flexibility index (Phi) is 5.55. The number of rotatable bonds is 5. The zero-order valence-electron chi connectivity index (χ0n) is 17.2.